The van der Waals surface area contributed by atoms with Crippen molar-refractivity contribution in [1.82, 2.24) is 10.3 Å². The highest BCUT2D eigenvalue weighted by molar-refractivity contribution is 5.78. The topological polar surface area (TPSA) is 58.3 Å². The first kappa shape index (κ1) is 15.2. The predicted molar refractivity (Wildman–Crippen MR) is 90.6 cm³/mol. The fraction of sp³-hybridized carbons (Fsp3) is 0.632. The van der Waals surface area contributed by atoms with E-state index in [1.54, 1.807) is 0 Å². The normalized spacial score (nSPS) is 24.9. The number of hydrogen-bond acceptors (Lipinski definition) is 4. The quantitative estimate of drug-likeness (QED) is 0.880. The van der Waals surface area contributed by atoms with Gasteiger partial charge in [-0.3, -0.25) is 0 Å². The summed E-state index contributed by atoms with van der Waals surface area (Å²) >= 11 is 0. The Hall–Kier alpha value is -1.39. The fourth-order valence-electron chi connectivity index (χ4n) is 3.61. The monoisotopic (exact) mass is 314 g/mol. The summed E-state index contributed by atoms with van der Waals surface area (Å²) in [6, 6.07) is 4.66. The molecule has 2 atom stereocenters. The lowest BCUT2D eigenvalue weighted by Gasteiger charge is -2.16. The van der Waals surface area contributed by atoms with E-state index in [-0.39, 0.29) is 12.1 Å². The van der Waals surface area contributed by atoms with Crippen LogP contribution in [-0.2, 0) is 6.54 Å². The van der Waals surface area contributed by atoms with Gasteiger partial charge in [0.1, 0.15) is 5.52 Å². The molecule has 0 spiro atoms. The van der Waals surface area contributed by atoms with Gasteiger partial charge in [-0.05, 0) is 49.7 Å². The number of hydrogen-bond donors (Lipinski definition) is 2. The molecule has 2 fully saturated rings. The van der Waals surface area contributed by atoms with Crippen LogP contribution in [0.3, 0.4) is 0 Å². The van der Waals surface area contributed by atoms with E-state index in [9.17, 15) is 5.11 Å². The van der Waals surface area contributed by atoms with Crippen molar-refractivity contribution in [2.75, 3.05) is 0 Å². The number of fused-ring (bicyclic) bond motifs is 1. The zero-order valence-electron chi connectivity index (χ0n) is 14.0. The van der Waals surface area contributed by atoms with Crippen LogP contribution >= 0.6 is 0 Å². The highest BCUT2D eigenvalue weighted by atomic mass is 16.3. The van der Waals surface area contributed by atoms with Crippen LogP contribution < -0.4 is 5.32 Å². The molecule has 2 aliphatic rings. The van der Waals surface area contributed by atoms with E-state index in [2.05, 4.69) is 31.3 Å². The van der Waals surface area contributed by atoms with Crippen molar-refractivity contribution in [3.8, 4) is 0 Å². The molecule has 4 rings (SSSR count). The first-order chi connectivity index (χ1) is 11.1. The van der Waals surface area contributed by atoms with Crippen LogP contribution in [0.1, 0.15) is 74.8 Å². The Labute approximate surface area is 137 Å². The number of aliphatic hydroxyl groups excluding tert-OH is 1. The van der Waals surface area contributed by atoms with E-state index in [0.717, 1.165) is 42.8 Å². The molecule has 4 heteroatoms. The average molecular weight is 314 g/mol. The summed E-state index contributed by atoms with van der Waals surface area (Å²) in [6.07, 6.45) is 5.43. The van der Waals surface area contributed by atoms with Crippen molar-refractivity contribution >= 4 is 11.1 Å². The van der Waals surface area contributed by atoms with Crippen LogP contribution in [0, 0.1) is 0 Å². The highest BCUT2D eigenvalue weighted by Crippen LogP contribution is 2.44. The molecule has 1 heterocycles. The summed E-state index contributed by atoms with van der Waals surface area (Å²) in [5.41, 5.74) is 4.55. The van der Waals surface area contributed by atoms with Crippen molar-refractivity contribution in [1.29, 1.82) is 0 Å². The lowest BCUT2D eigenvalue weighted by molar-refractivity contribution is 0.148. The summed E-state index contributed by atoms with van der Waals surface area (Å²) in [6.45, 7) is 5.03. The molecule has 0 saturated heterocycles. The van der Waals surface area contributed by atoms with Gasteiger partial charge >= 0.3 is 0 Å². The fourth-order valence-corrected chi connectivity index (χ4v) is 3.61. The van der Waals surface area contributed by atoms with E-state index < -0.39 is 0 Å². The minimum Gasteiger partial charge on any atom is -0.440 e. The number of rotatable bonds is 5. The molecule has 2 aromatic rings. The van der Waals surface area contributed by atoms with E-state index in [0.29, 0.717) is 11.8 Å². The van der Waals surface area contributed by atoms with Crippen LogP contribution in [0.2, 0.25) is 0 Å². The Kier molecular flexibility index (Phi) is 3.90. The molecule has 2 N–H and O–H groups in total. The minimum absolute atomic E-state index is 0.193. The third-order valence-electron chi connectivity index (χ3n) is 5.15. The SMILES string of the molecule is CC(C)c1nc2cc(CN[C@H]3CCC[C@H]3O)cc(C3CC3)c2o1. The van der Waals surface area contributed by atoms with Crippen molar-refractivity contribution in [2.45, 2.75) is 76.5 Å². The predicted octanol–water partition coefficient (Wildman–Crippen LogP) is 3.83. The summed E-state index contributed by atoms with van der Waals surface area (Å²) in [5, 5.41) is 13.5. The lowest BCUT2D eigenvalue weighted by Crippen LogP contribution is -2.35. The van der Waals surface area contributed by atoms with E-state index in [4.69, 9.17) is 9.40 Å². The van der Waals surface area contributed by atoms with Crippen molar-refractivity contribution in [3.05, 3.63) is 29.2 Å². The van der Waals surface area contributed by atoms with Crippen molar-refractivity contribution < 1.29 is 9.52 Å². The summed E-state index contributed by atoms with van der Waals surface area (Å²) in [4.78, 5) is 4.69. The molecule has 1 aromatic heterocycles. The second kappa shape index (κ2) is 5.91. The third kappa shape index (κ3) is 3.02. The summed E-state index contributed by atoms with van der Waals surface area (Å²) < 4.78 is 6.04. The maximum atomic E-state index is 9.97. The Morgan fingerprint density at radius 3 is 2.74 bits per heavy atom. The summed E-state index contributed by atoms with van der Waals surface area (Å²) in [5.74, 6) is 1.78. The minimum atomic E-state index is -0.193. The van der Waals surface area contributed by atoms with Gasteiger partial charge in [-0.15, -0.1) is 0 Å². The zero-order chi connectivity index (χ0) is 16.0. The number of nitrogens with zero attached hydrogens (tertiary/aromatic N) is 1. The molecule has 23 heavy (non-hydrogen) atoms. The second-order valence-corrected chi connectivity index (χ2v) is 7.50. The largest absolute Gasteiger partial charge is 0.440 e. The van der Waals surface area contributed by atoms with Gasteiger partial charge in [-0.25, -0.2) is 4.98 Å². The van der Waals surface area contributed by atoms with Gasteiger partial charge in [0.05, 0.1) is 6.10 Å². The van der Waals surface area contributed by atoms with Gasteiger partial charge in [0, 0.05) is 24.1 Å². The first-order valence-electron chi connectivity index (χ1n) is 8.96. The van der Waals surface area contributed by atoms with Crippen molar-refractivity contribution in [2.24, 2.45) is 0 Å². The standard InChI is InChI=1S/C19H26N2O2/c1-11(2)19-21-16-9-12(10-20-15-4-3-5-17(15)22)8-14(13-6-7-13)18(16)23-19/h8-9,11,13,15,17,20,22H,3-7,10H2,1-2H3/t15-,17+/m0/s1. The first-order valence-corrected chi connectivity index (χ1v) is 8.96. The van der Waals surface area contributed by atoms with Crippen LogP contribution in [0.4, 0.5) is 0 Å². The van der Waals surface area contributed by atoms with Gasteiger partial charge in [0.2, 0.25) is 0 Å². The molecule has 0 bridgehead atoms. The molecule has 0 aliphatic heterocycles. The molecule has 0 unspecified atom stereocenters. The summed E-state index contributed by atoms with van der Waals surface area (Å²) in [7, 11) is 0. The maximum absolute atomic E-state index is 9.97. The average Bonchev–Trinajstić information content (AvgIpc) is 3.14. The molecule has 1 aromatic carbocycles. The maximum Gasteiger partial charge on any atom is 0.198 e. The number of nitrogens with one attached hydrogen (secondary N) is 1. The van der Waals surface area contributed by atoms with E-state index >= 15 is 0 Å². The van der Waals surface area contributed by atoms with Crippen LogP contribution in [-0.4, -0.2) is 22.2 Å². The van der Waals surface area contributed by atoms with Gasteiger partial charge in [-0.2, -0.15) is 0 Å². The molecule has 124 valence electrons. The second-order valence-electron chi connectivity index (χ2n) is 7.50. The molecule has 4 nitrogen and oxygen atoms in total. The van der Waals surface area contributed by atoms with Gasteiger partial charge in [0.15, 0.2) is 11.5 Å². The number of aromatic nitrogens is 1. The number of benzene rings is 1. The van der Waals surface area contributed by atoms with Gasteiger partial charge < -0.3 is 14.8 Å². The Morgan fingerprint density at radius 2 is 2.09 bits per heavy atom. The number of oxazole rings is 1. The van der Waals surface area contributed by atoms with Gasteiger partial charge in [0.25, 0.3) is 0 Å². The van der Waals surface area contributed by atoms with Gasteiger partial charge in [-0.1, -0.05) is 19.9 Å². The number of aliphatic hydroxyl groups is 1. The van der Waals surface area contributed by atoms with Crippen LogP contribution in [0.5, 0.6) is 0 Å². The van der Waals surface area contributed by atoms with Crippen LogP contribution in [0.15, 0.2) is 16.5 Å². The van der Waals surface area contributed by atoms with E-state index in [1.807, 2.05) is 0 Å². The lowest BCUT2D eigenvalue weighted by atomic mass is 10.0. The molecule has 0 amide bonds. The smallest absolute Gasteiger partial charge is 0.198 e. The molecule has 2 saturated carbocycles. The zero-order valence-corrected chi connectivity index (χ0v) is 14.0. The van der Waals surface area contributed by atoms with Crippen LogP contribution in [0.25, 0.3) is 11.1 Å². The Bertz CT molecular complexity index is 703. The van der Waals surface area contributed by atoms with Crippen molar-refractivity contribution in [3.63, 3.8) is 0 Å². The Balaban J connectivity index is 1.61. The van der Waals surface area contributed by atoms with E-state index in [1.165, 1.54) is 24.0 Å². The molecular formula is C19H26N2O2. The highest BCUT2D eigenvalue weighted by Gasteiger charge is 2.29. The molecule has 2 aliphatic carbocycles. The Morgan fingerprint density at radius 1 is 1.26 bits per heavy atom. The molecular weight excluding hydrogens is 288 g/mol. The molecule has 0 radical (unpaired) electrons. The third-order valence-corrected chi connectivity index (χ3v) is 5.15.